The van der Waals surface area contributed by atoms with Gasteiger partial charge in [-0.05, 0) is 36.4 Å². The summed E-state index contributed by atoms with van der Waals surface area (Å²) in [6.07, 6.45) is 1.52. The average Bonchev–Trinajstić information content (AvgIpc) is 2.63. The molecule has 5 N–H and O–H groups in total. The zero-order valence-corrected chi connectivity index (χ0v) is 15.0. The third-order valence-corrected chi connectivity index (χ3v) is 3.45. The van der Waals surface area contributed by atoms with Gasteiger partial charge >= 0.3 is 12.1 Å². The average molecular weight is 384 g/mol. The van der Waals surface area contributed by atoms with Gasteiger partial charge in [0.2, 0.25) is 0 Å². The van der Waals surface area contributed by atoms with Crippen LogP contribution in [0.4, 0.5) is 26.7 Å². The predicted octanol–water partition coefficient (Wildman–Crippen LogP) is 4.13. The van der Waals surface area contributed by atoms with E-state index in [9.17, 15) is 9.59 Å². The molecule has 4 amide bonds. The molecular formula is C19H18ClN5O2. The third-order valence-electron chi connectivity index (χ3n) is 3.24. The smallest absolute Gasteiger partial charge is 0.323 e. The number of nitrogens with one attached hydrogen (secondary N) is 1. The maximum absolute atomic E-state index is 11.5. The number of hydrogen-bond acceptors (Lipinski definition) is 3. The molecule has 2 aromatic carbocycles. The van der Waals surface area contributed by atoms with E-state index in [0.717, 1.165) is 5.69 Å². The van der Waals surface area contributed by atoms with E-state index in [-0.39, 0.29) is 0 Å². The Hall–Kier alpha value is -3.58. The number of halogens is 1. The molecule has 3 rings (SSSR count). The minimum Gasteiger partial charge on any atom is -0.351 e. The van der Waals surface area contributed by atoms with Crippen LogP contribution in [0.2, 0.25) is 5.15 Å². The molecule has 0 aliphatic carbocycles. The van der Waals surface area contributed by atoms with Crippen LogP contribution in [0, 0.1) is 0 Å². The number of amides is 4. The lowest BCUT2D eigenvalue weighted by molar-refractivity contribution is 0.256. The highest BCUT2D eigenvalue weighted by Gasteiger charge is 2.14. The van der Waals surface area contributed by atoms with Crippen LogP contribution >= 0.6 is 11.6 Å². The van der Waals surface area contributed by atoms with E-state index in [2.05, 4.69) is 10.3 Å². The van der Waals surface area contributed by atoms with Gasteiger partial charge in [0.1, 0.15) is 5.15 Å². The lowest BCUT2D eigenvalue weighted by atomic mass is 10.2. The summed E-state index contributed by atoms with van der Waals surface area (Å²) in [7, 11) is 0. The van der Waals surface area contributed by atoms with Crippen LogP contribution in [-0.4, -0.2) is 17.0 Å². The molecule has 1 aromatic heterocycles. The first-order valence-electron chi connectivity index (χ1n) is 7.85. The van der Waals surface area contributed by atoms with Gasteiger partial charge in [-0.3, -0.25) is 4.90 Å². The maximum atomic E-state index is 11.5. The van der Waals surface area contributed by atoms with E-state index in [0.29, 0.717) is 16.5 Å². The molecule has 1 heterocycles. The maximum Gasteiger partial charge on any atom is 0.323 e. The molecule has 0 saturated heterocycles. The number of benzene rings is 2. The number of urea groups is 2. The molecule has 0 unspecified atom stereocenters. The van der Waals surface area contributed by atoms with Crippen LogP contribution in [-0.2, 0) is 0 Å². The molecule has 0 aliphatic rings. The second-order valence-corrected chi connectivity index (χ2v) is 5.59. The van der Waals surface area contributed by atoms with Crippen molar-refractivity contribution in [2.75, 3.05) is 10.2 Å². The van der Waals surface area contributed by atoms with Gasteiger partial charge in [0, 0.05) is 11.9 Å². The van der Waals surface area contributed by atoms with E-state index in [1.54, 1.807) is 36.4 Å². The van der Waals surface area contributed by atoms with Gasteiger partial charge in [0.25, 0.3) is 0 Å². The van der Waals surface area contributed by atoms with E-state index in [1.807, 2.05) is 36.4 Å². The Morgan fingerprint density at radius 3 is 2.00 bits per heavy atom. The lowest BCUT2D eigenvalue weighted by Gasteiger charge is -2.20. The second kappa shape index (κ2) is 9.79. The van der Waals surface area contributed by atoms with Gasteiger partial charge in [-0.1, -0.05) is 48.0 Å². The second-order valence-electron chi connectivity index (χ2n) is 5.20. The Bertz CT molecular complexity index is 891. The van der Waals surface area contributed by atoms with Crippen LogP contribution in [0.5, 0.6) is 0 Å². The number of hydrogen-bond donors (Lipinski definition) is 3. The molecule has 0 aliphatic heterocycles. The highest BCUT2D eigenvalue weighted by Crippen LogP contribution is 2.25. The number of rotatable bonds is 3. The molecule has 27 heavy (non-hydrogen) atoms. The van der Waals surface area contributed by atoms with Gasteiger partial charge in [0.05, 0.1) is 11.4 Å². The minimum absolute atomic E-state index is 0.310. The molecule has 138 valence electrons. The highest BCUT2D eigenvalue weighted by molar-refractivity contribution is 6.29. The topological polar surface area (TPSA) is 114 Å². The van der Waals surface area contributed by atoms with Crippen molar-refractivity contribution in [2.24, 2.45) is 11.5 Å². The summed E-state index contributed by atoms with van der Waals surface area (Å²) >= 11 is 5.79. The highest BCUT2D eigenvalue weighted by atomic mass is 35.5. The summed E-state index contributed by atoms with van der Waals surface area (Å²) in [5.74, 6) is 0. The molecule has 8 heteroatoms. The Kier molecular flexibility index (Phi) is 7.16. The van der Waals surface area contributed by atoms with Crippen molar-refractivity contribution in [3.8, 4) is 0 Å². The number of anilines is 3. The zero-order valence-electron chi connectivity index (χ0n) is 14.2. The van der Waals surface area contributed by atoms with Crippen molar-refractivity contribution in [1.82, 2.24) is 4.98 Å². The summed E-state index contributed by atoms with van der Waals surface area (Å²) in [5.41, 5.74) is 12.2. The molecule has 0 fully saturated rings. The van der Waals surface area contributed by atoms with Gasteiger partial charge in [-0.15, -0.1) is 0 Å². The Morgan fingerprint density at radius 1 is 0.889 bits per heavy atom. The molecule has 7 nitrogen and oxygen atoms in total. The number of nitrogens with two attached hydrogens (primary N) is 2. The number of primary amides is 2. The van der Waals surface area contributed by atoms with Crippen molar-refractivity contribution in [2.45, 2.75) is 0 Å². The summed E-state index contributed by atoms with van der Waals surface area (Å²) in [6, 6.07) is 20.3. The van der Waals surface area contributed by atoms with Gasteiger partial charge in [-0.2, -0.15) is 0 Å². The van der Waals surface area contributed by atoms with Crippen molar-refractivity contribution >= 4 is 40.7 Å². The SMILES string of the molecule is NC(=O)N(c1ccccc1)c1ccnc(Cl)c1.NC(=O)Nc1ccccc1. The number of nitrogens with zero attached hydrogens (tertiary/aromatic N) is 2. The molecule has 0 spiro atoms. The van der Waals surface area contributed by atoms with Gasteiger partial charge < -0.3 is 16.8 Å². The van der Waals surface area contributed by atoms with Crippen LogP contribution in [0.15, 0.2) is 79.0 Å². The predicted molar refractivity (Wildman–Crippen MR) is 107 cm³/mol. The summed E-state index contributed by atoms with van der Waals surface area (Å²) in [5, 5.41) is 2.75. The minimum atomic E-state index is -0.571. The van der Waals surface area contributed by atoms with Crippen LogP contribution in [0.25, 0.3) is 0 Å². The zero-order chi connectivity index (χ0) is 19.6. The fourth-order valence-electron chi connectivity index (χ4n) is 2.18. The van der Waals surface area contributed by atoms with Crippen molar-refractivity contribution in [3.05, 3.63) is 84.1 Å². The number of pyridine rings is 1. The van der Waals surface area contributed by atoms with Crippen LogP contribution < -0.4 is 21.7 Å². The fourth-order valence-corrected chi connectivity index (χ4v) is 2.34. The Labute approximate surface area is 161 Å². The Balaban J connectivity index is 0.000000223. The van der Waals surface area contributed by atoms with Crippen molar-refractivity contribution in [3.63, 3.8) is 0 Å². The lowest BCUT2D eigenvalue weighted by Crippen LogP contribution is -2.31. The van der Waals surface area contributed by atoms with Gasteiger partial charge in [-0.25, -0.2) is 14.6 Å². The first-order valence-corrected chi connectivity index (χ1v) is 8.23. The molecule has 0 radical (unpaired) electrons. The van der Waals surface area contributed by atoms with Crippen molar-refractivity contribution < 1.29 is 9.59 Å². The molecular weight excluding hydrogens is 366 g/mol. The fraction of sp³-hybridized carbons (Fsp3) is 0. The quantitative estimate of drug-likeness (QED) is 0.590. The molecule has 3 aromatic rings. The van der Waals surface area contributed by atoms with E-state index < -0.39 is 12.1 Å². The van der Waals surface area contributed by atoms with E-state index >= 15 is 0 Å². The monoisotopic (exact) mass is 383 g/mol. The summed E-state index contributed by atoms with van der Waals surface area (Å²) in [6.45, 7) is 0. The molecule has 0 saturated carbocycles. The normalized spacial score (nSPS) is 9.52. The first-order chi connectivity index (χ1) is 13.0. The largest absolute Gasteiger partial charge is 0.351 e. The van der Waals surface area contributed by atoms with E-state index in [1.165, 1.54) is 11.1 Å². The van der Waals surface area contributed by atoms with Crippen LogP contribution in [0.1, 0.15) is 0 Å². The summed E-state index contributed by atoms with van der Waals surface area (Å²) < 4.78 is 0. The first kappa shape index (κ1) is 19.7. The Morgan fingerprint density at radius 2 is 1.48 bits per heavy atom. The summed E-state index contributed by atoms with van der Waals surface area (Å²) in [4.78, 5) is 27.0. The molecule has 0 atom stereocenters. The number of carbonyl (C=O) groups excluding carboxylic acids is 2. The van der Waals surface area contributed by atoms with Gasteiger partial charge in [0.15, 0.2) is 0 Å². The number of aromatic nitrogens is 1. The third kappa shape index (κ3) is 6.33. The molecule has 0 bridgehead atoms. The standard InChI is InChI=1S/C12H10ClN3O.C7H8N2O/c13-11-8-10(6-7-15-11)16(12(14)17)9-4-2-1-3-5-9;8-7(10)9-6-4-2-1-3-5-6/h1-8H,(H2,14,17);1-5H,(H3,8,9,10). The number of carbonyl (C=O) groups is 2. The van der Waals surface area contributed by atoms with Crippen LogP contribution in [0.3, 0.4) is 0 Å². The van der Waals surface area contributed by atoms with Crippen molar-refractivity contribution in [1.29, 1.82) is 0 Å². The van der Waals surface area contributed by atoms with E-state index in [4.69, 9.17) is 23.1 Å². The number of para-hydroxylation sites is 2.